The summed E-state index contributed by atoms with van der Waals surface area (Å²) in [7, 11) is -0.880. The number of aryl methyl sites for hydroxylation is 1. The first kappa shape index (κ1) is 24.0. The summed E-state index contributed by atoms with van der Waals surface area (Å²) >= 11 is 0. The number of amides is 1. The Bertz CT molecular complexity index is 1130. The number of hydrogen-bond donors (Lipinski definition) is 1. The molecular weight excluding hydrogens is 424 g/mol. The molecule has 0 atom stereocenters. The van der Waals surface area contributed by atoms with Crippen LogP contribution in [0.2, 0.25) is 0 Å². The number of nitrogens with zero attached hydrogens (tertiary/aromatic N) is 1. The molecule has 1 amide bonds. The Hall–Kier alpha value is -3.24. The van der Waals surface area contributed by atoms with E-state index >= 15 is 0 Å². The molecule has 10 heteroatoms. The zero-order valence-electron chi connectivity index (χ0n) is 17.9. The number of likely N-dealkylation sites (N-methyl/N-ethyl adjacent to an activating group) is 1. The van der Waals surface area contributed by atoms with Crippen molar-refractivity contribution in [3.8, 4) is 0 Å². The number of esters is 2. The van der Waals surface area contributed by atoms with Crippen LogP contribution in [0.25, 0.3) is 0 Å². The Morgan fingerprint density at radius 3 is 2.26 bits per heavy atom. The van der Waals surface area contributed by atoms with Gasteiger partial charge in [0.1, 0.15) is 0 Å². The standard InChI is InChI=1S/C21H24N2O7S/c1-13-7-6-8-17(14(13)2)22-19(24)12-23(3)31(27,28)18-11-15(20(25)29-4)9-10-16(18)21(26)30-5/h6-11H,12H2,1-5H3,(H,22,24). The van der Waals surface area contributed by atoms with E-state index in [1.165, 1.54) is 13.1 Å². The summed E-state index contributed by atoms with van der Waals surface area (Å²) in [5, 5.41) is 2.68. The molecule has 0 bridgehead atoms. The Morgan fingerprint density at radius 1 is 1.00 bits per heavy atom. The lowest BCUT2D eigenvalue weighted by molar-refractivity contribution is -0.116. The molecule has 9 nitrogen and oxygen atoms in total. The van der Waals surface area contributed by atoms with Crippen molar-refractivity contribution >= 4 is 33.6 Å². The molecule has 0 saturated carbocycles. The first-order valence-electron chi connectivity index (χ1n) is 9.16. The van der Waals surface area contributed by atoms with Gasteiger partial charge in [-0.2, -0.15) is 4.31 Å². The monoisotopic (exact) mass is 448 g/mol. The smallest absolute Gasteiger partial charge is 0.339 e. The maximum Gasteiger partial charge on any atom is 0.339 e. The zero-order valence-corrected chi connectivity index (χ0v) is 18.7. The van der Waals surface area contributed by atoms with E-state index in [0.717, 1.165) is 41.8 Å². The Labute approximate surface area is 181 Å². The molecule has 1 N–H and O–H groups in total. The van der Waals surface area contributed by atoms with E-state index in [4.69, 9.17) is 0 Å². The van der Waals surface area contributed by atoms with Crippen LogP contribution in [0, 0.1) is 13.8 Å². The van der Waals surface area contributed by atoms with Crippen LogP contribution < -0.4 is 5.32 Å². The van der Waals surface area contributed by atoms with E-state index in [1.807, 2.05) is 19.9 Å². The molecule has 166 valence electrons. The van der Waals surface area contributed by atoms with Gasteiger partial charge in [0.15, 0.2) is 0 Å². The van der Waals surface area contributed by atoms with Crippen molar-refractivity contribution in [1.82, 2.24) is 4.31 Å². The first-order valence-corrected chi connectivity index (χ1v) is 10.6. The molecule has 2 aromatic carbocycles. The SMILES string of the molecule is COC(=O)c1ccc(C(=O)OC)c(S(=O)(=O)N(C)CC(=O)Nc2cccc(C)c2C)c1. The predicted molar refractivity (Wildman–Crippen MR) is 113 cm³/mol. The van der Waals surface area contributed by atoms with E-state index in [9.17, 15) is 22.8 Å². The average Bonchev–Trinajstić information content (AvgIpc) is 2.75. The molecule has 0 radical (unpaired) electrons. The minimum Gasteiger partial charge on any atom is -0.465 e. The average molecular weight is 448 g/mol. The first-order chi connectivity index (χ1) is 14.5. The number of rotatable bonds is 7. The highest BCUT2D eigenvalue weighted by molar-refractivity contribution is 7.89. The van der Waals surface area contributed by atoms with Crippen molar-refractivity contribution in [2.24, 2.45) is 0 Å². The van der Waals surface area contributed by atoms with Gasteiger partial charge in [0.2, 0.25) is 15.9 Å². The number of nitrogens with one attached hydrogen (secondary N) is 1. The number of hydrogen-bond acceptors (Lipinski definition) is 7. The molecule has 0 saturated heterocycles. The summed E-state index contributed by atoms with van der Waals surface area (Å²) in [6.45, 7) is 3.22. The minimum atomic E-state index is -4.33. The fourth-order valence-corrected chi connectivity index (χ4v) is 4.12. The summed E-state index contributed by atoms with van der Waals surface area (Å²) in [6.07, 6.45) is 0. The molecule has 0 heterocycles. The second kappa shape index (κ2) is 9.71. The second-order valence-electron chi connectivity index (χ2n) is 6.75. The molecule has 0 aliphatic heterocycles. The summed E-state index contributed by atoms with van der Waals surface area (Å²) in [5.41, 5.74) is 2.07. The molecule has 0 unspecified atom stereocenters. The van der Waals surface area contributed by atoms with Gasteiger partial charge in [0.05, 0.1) is 36.8 Å². The van der Waals surface area contributed by atoms with Crippen molar-refractivity contribution in [1.29, 1.82) is 0 Å². The van der Waals surface area contributed by atoms with Crippen molar-refractivity contribution in [3.63, 3.8) is 0 Å². The summed E-state index contributed by atoms with van der Waals surface area (Å²) in [4.78, 5) is 35.9. The van der Waals surface area contributed by atoms with Crippen LogP contribution in [-0.2, 0) is 24.3 Å². The normalized spacial score (nSPS) is 11.2. The van der Waals surface area contributed by atoms with Crippen molar-refractivity contribution in [2.45, 2.75) is 18.7 Å². The maximum absolute atomic E-state index is 13.1. The molecule has 31 heavy (non-hydrogen) atoms. The molecule has 0 aliphatic carbocycles. The van der Waals surface area contributed by atoms with E-state index < -0.39 is 39.3 Å². The van der Waals surface area contributed by atoms with Crippen LogP contribution >= 0.6 is 0 Å². The van der Waals surface area contributed by atoms with Gasteiger partial charge in [-0.05, 0) is 49.2 Å². The van der Waals surface area contributed by atoms with Crippen LogP contribution in [0.15, 0.2) is 41.3 Å². The number of sulfonamides is 1. The van der Waals surface area contributed by atoms with Crippen molar-refractivity contribution < 1.29 is 32.3 Å². The third kappa shape index (κ3) is 5.28. The number of ether oxygens (including phenoxy) is 2. The van der Waals surface area contributed by atoms with Gasteiger partial charge in [0.25, 0.3) is 0 Å². The molecule has 0 aromatic heterocycles. The Balaban J connectivity index is 2.36. The highest BCUT2D eigenvalue weighted by atomic mass is 32.2. The third-order valence-electron chi connectivity index (χ3n) is 4.74. The number of benzene rings is 2. The van der Waals surface area contributed by atoms with E-state index in [1.54, 1.807) is 12.1 Å². The predicted octanol–water partition coefficient (Wildman–Crippen LogP) is 2.14. The van der Waals surface area contributed by atoms with Crippen LogP contribution in [0.4, 0.5) is 5.69 Å². The quantitative estimate of drug-likeness (QED) is 0.645. The molecule has 0 aliphatic rings. The Kier molecular flexibility index (Phi) is 7.53. The fraction of sp³-hybridized carbons (Fsp3) is 0.286. The highest BCUT2D eigenvalue weighted by Gasteiger charge is 2.30. The summed E-state index contributed by atoms with van der Waals surface area (Å²) in [6, 6.07) is 8.82. The molecule has 2 rings (SSSR count). The van der Waals surface area contributed by atoms with Crippen LogP contribution in [0.3, 0.4) is 0 Å². The van der Waals surface area contributed by atoms with E-state index in [2.05, 4.69) is 14.8 Å². The maximum atomic E-state index is 13.1. The van der Waals surface area contributed by atoms with Gasteiger partial charge >= 0.3 is 11.9 Å². The topological polar surface area (TPSA) is 119 Å². The van der Waals surface area contributed by atoms with Gasteiger partial charge in [0, 0.05) is 12.7 Å². The number of anilines is 1. The molecule has 0 fully saturated rings. The Morgan fingerprint density at radius 2 is 1.65 bits per heavy atom. The van der Waals surface area contributed by atoms with Gasteiger partial charge in [-0.25, -0.2) is 18.0 Å². The third-order valence-corrected chi connectivity index (χ3v) is 6.58. The summed E-state index contributed by atoms with van der Waals surface area (Å²) < 4.78 is 36.3. The second-order valence-corrected chi connectivity index (χ2v) is 8.76. The van der Waals surface area contributed by atoms with Crippen molar-refractivity contribution in [3.05, 3.63) is 58.7 Å². The van der Waals surface area contributed by atoms with Crippen molar-refractivity contribution in [2.75, 3.05) is 33.1 Å². The van der Waals surface area contributed by atoms with E-state index in [0.29, 0.717) is 5.69 Å². The lowest BCUT2D eigenvalue weighted by Crippen LogP contribution is -2.36. The van der Waals surface area contributed by atoms with Crippen LogP contribution in [-0.4, -0.2) is 58.4 Å². The molecule has 2 aromatic rings. The number of carbonyl (C=O) groups excluding carboxylic acids is 3. The van der Waals surface area contributed by atoms with Gasteiger partial charge < -0.3 is 14.8 Å². The van der Waals surface area contributed by atoms with E-state index in [-0.39, 0.29) is 11.1 Å². The molecular formula is C21H24N2O7S. The zero-order chi connectivity index (χ0) is 23.3. The molecule has 0 spiro atoms. The lowest BCUT2D eigenvalue weighted by atomic mass is 10.1. The van der Waals surface area contributed by atoms with Gasteiger partial charge in [-0.15, -0.1) is 0 Å². The van der Waals surface area contributed by atoms with Crippen LogP contribution in [0.1, 0.15) is 31.8 Å². The van der Waals surface area contributed by atoms with Crippen LogP contribution in [0.5, 0.6) is 0 Å². The fourth-order valence-electron chi connectivity index (χ4n) is 2.79. The van der Waals surface area contributed by atoms with Gasteiger partial charge in [-0.1, -0.05) is 12.1 Å². The lowest BCUT2D eigenvalue weighted by Gasteiger charge is -2.19. The largest absolute Gasteiger partial charge is 0.465 e. The summed E-state index contributed by atoms with van der Waals surface area (Å²) in [5.74, 6) is -2.24. The number of carbonyl (C=O) groups is 3. The van der Waals surface area contributed by atoms with Gasteiger partial charge in [-0.3, -0.25) is 4.79 Å². The number of methoxy groups -OCH3 is 2. The highest BCUT2D eigenvalue weighted by Crippen LogP contribution is 2.23. The minimum absolute atomic E-state index is 0.0676.